The zero-order valence-electron chi connectivity index (χ0n) is 12.5. The summed E-state index contributed by atoms with van der Waals surface area (Å²) in [6.07, 6.45) is 1.38. The van der Waals surface area contributed by atoms with Crippen LogP contribution in [0.4, 0.5) is 4.79 Å². The summed E-state index contributed by atoms with van der Waals surface area (Å²) in [5.41, 5.74) is 1.75. The number of likely N-dealkylation sites (tertiary alicyclic amines) is 1. The molecule has 0 aromatic carbocycles. The molecule has 1 fully saturated rings. The van der Waals surface area contributed by atoms with Gasteiger partial charge in [-0.15, -0.1) is 0 Å². The van der Waals surface area contributed by atoms with Gasteiger partial charge in [-0.1, -0.05) is 6.07 Å². The third-order valence-corrected chi connectivity index (χ3v) is 3.71. The molecule has 0 unspecified atom stereocenters. The second kappa shape index (κ2) is 6.56. The Balaban J connectivity index is 1.97. The van der Waals surface area contributed by atoms with Crippen LogP contribution in [0.5, 0.6) is 0 Å². The maximum absolute atomic E-state index is 12.4. The Morgan fingerprint density at radius 1 is 1.48 bits per heavy atom. The monoisotopic (exact) mass is 291 g/mol. The number of urea groups is 1. The number of piperidine rings is 1. The van der Waals surface area contributed by atoms with Crippen LogP contribution in [0, 0.1) is 12.8 Å². The highest BCUT2D eigenvalue weighted by Crippen LogP contribution is 2.18. The van der Waals surface area contributed by atoms with Crippen LogP contribution in [0.15, 0.2) is 18.2 Å². The predicted octanol–water partition coefficient (Wildman–Crippen LogP) is 1.74. The van der Waals surface area contributed by atoms with Crippen LogP contribution < -0.4 is 0 Å². The predicted molar refractivity (Wildman–Crippen MR) is 77.8 cm³/mol. The first-order chi connectivity index (χ1) is 9.97. The molecule has 0 saturated carbocycles. The minimum atomic E-state index is -0.824. The van der Waals surface area contributed by atoms with E-state index in [0.717, 1.165) is 17.8 Å². The molecule has 2 amide bonds. The number of hydrogen-bond donors (Lipinski definition) is 1. The Morgan fingerprint density at radius 3 is 2.90 bits per heavy atom. The van der Waals surface area contributed by atoms with Crippen molar-refractivity contribution in [1.82, 2.24) is 14.8 Å². The summed E-state index contributed by atoms with van der Waals surface area (Å²) in [5, 5.41) is 9.08. The molecule has 2 rings (SSSR count). The van der Waals surface area contributed by atoms with Crippen molar-refractivity contribution in [3.05, 3.63) is 29.6 Å². The summed E-state index contributed by atoms with van der Waals surface area (Å²) in [4.78, 5) is 31.0. The number of carbonyl (C=O) groups excluding carboxylic acids is 1. The molecule has 0 bridgehead atoms. The first-order valence-corrected chi connectivity index (χ1v) is 7.12. The van der Waals surface area contributed by atoms with Crippen LogP contribution in [0.25, 0.3) is 0 Å². The van der Waals surface area contributed by atoms with Crippen LogP contribution in [-0.2, 0) is 11.3 Å². The van der Waals surface area contributed by atoms with Crippen LogP contribution in [0.2, 0.25) is 0 Å². The van der Waals surface area contributed by atoms with Crippen molar-refractivity contribution in [3.8, 4) is 0 Å². The number of aryl methyl sites for hydroxylation is 1. The van der Waals surface area contributed by atoms with Crippen molar-refractivity contribution >= 4 is 12.0 Å². The molecule has 1 atom stereocenters. The molecule has 6 heteroatoms. The van der Waals surface area contributed by atoms with Gasteiger partial charge in [-0.2, -0.15) is 0 Å². The molecule has 2 heterocycles. The number of pyridine rings is 1. The summed E-state index contributed by atoms with van der Waals surface area (Å²) in [5.74, 6) is -1.27. The number of aliphatic carboxylic acids is 1. The van der Waals surface area contributed by atoms with Gasteiger partial charge >= 0.3 is 12.0 Å². The van der Waals surface area contributed by atoms with E-state index in [0.29, 0.717) is 26.1 Å². The molecule has 1 aliphatic heterocycles. The molecular weight excluding hydrogens is 270 g/mol. The second-order valence-electron chi connectivity index (χ2n) is 5.53. The highest BCUT2D eigenvalue weighted by Gasteiger charge is 2.29. The fourth-order valence-electron chi connectivity index (χ4n) is 2.59. The number of rotatable bonds is 3. The maximum Gasteiger partial charge on any atom is 0.320 e. The van der Waals surface area contributed by atoms with Gasteiger partial charge in [0.25, 0.3) is 0 Å². The number of carboxylic acids is 1. The average molecular weight is 291 g/mol. The third kappa shape index (κ3) is 3.93. The quantitative estimate of drug-likeness (QED) is 0.920. The van der Waals surface area contributed by atoms with E-state index >= 15 is 0 Å². The molecule has 6 nitrogen and oxygen atoms in total. The van der Waals surface area contributed by atoms with Crippen molar-refractivity contribution in [3.63, 3.8) is 0 Å². The SMILES string of the molecule is Cc1cccc(CN(C)C(=O)N2CCC[C@H](C(=O)O)C2)n1. The first-order valence-electron chi connectivity index (χ1n) is 7.12. The normalized spacial score (nSPS) is 18.4. The van der Waals surface area contributed by atoms with E-state index in [2.05, 4.69) is 4.98 Å². The van der Waals surface area contributed by atoms with E-state index in [-0.39, 0.29) is 6.03 Å². The number of nitrogens with zero attached hydrogens (tertiary/aromatic N) is 3. The topological polar surface area (TPSA) is 73.7 Å². The molecule has 114 valence electrons. The maximum atomic E-state index is 12.4. The van der Waals surface area contributed by atoms with Crippen molar-refractivity contribution < 1.29 is 14.7 Å². The molecule has 1 aliphatic rings. The highest BCUT2D eigenvalue weighted by atomic mass is 16.4. The summed E-state index contributed by atoms with van der Waals surface area (Å²) >= 11 is 0. The molecular formula is C15H21N3O3. The number of aromatic nitrogens is 1. The second-order valence-corrected chi connectivity index (χ2v) is 5.53. The van der Waals surface area contributed by atoms with Crippen LogP contribution >= 0.6 is 0 Å². The number of carboxylic acid groups (broad SMARTS) is 1. The van der Waals surface area contributed by atoms with Gasteiger partial charge in [-0.25, -0.2) is 4.79 Å². The standard InChI is InChI=1S/C15H21N3O3/c1-11-5-3-7-13(16-11)10-17(2)15(21)18-8-4-6-12(9-18)14(19)20/h3,5,7,12H,4,6,8-10H2,1-2H3,(H,19,20)/t12-/m0/s1. The fraction of sp³-hybridized carbons (Fsp3) is 0.533. The van der Waals surface area contributed by atoms with Crippen molar-refractivity contribution in [2.75, 3.05) is 20.1 Å². The molecule has 1 aromatic heterocycles. The van der Waals surface area contributed by atoms with E-state index in [4.69, 9.17) is 5.11 Å². The summed E-state index contributed by atoms with van der Waals surface area (Å²) < 4.78 is 0. The van der Waals surface area contributed by atoms with E-state index in [9.17, 15) is 9.59 Å². The number of carbonyl (C=O) groups is 2. The summed E-state index contributed by atoms with van der Waals surface area (Å²) in [6, 6.07) is 5.57. The smallest absolute Gasteiger partial charge is 0.320 e. The summed E-state index contributed by atoms with van der Waals surface area (Å²) in [6.45, 7) is 3.25. The van der Waals surface area contributed by atoms with Crippen molar-refractivity contribution in [2.45, 2.75) is 26.3 Å². The lowest BCUT2D eigenvalue weighted by Crippen LogP contribution is -2.47. The molecule has 1 aromatic rings. The van der Waals surface area contributed by atoms with Gasteiger partial charge in [0.05, 0.1) is 18.2 Å². The molecule has 0 radical (unpaired) electrons. The lowest BCUT2D eigenvalue weighted by molar-refractivity contribution is -0.143. The van der Waals surface area contributed by atoms with Gasteiger partial charge in [0, 0.05) is 25.8 Å². The van der Waals surface area contributed by atoms with Gasteiger partial charge in [0.2, 0.25) is 0 Å². The minimum absolute atomic E-state index is 0.135. The Hall–Kier alpha value is -2.11. The van der Waals surface area contributed by atoms with Crippen LogP contribution in [0.3, 0.4) is 0 Å². The molecule has 1 saturated heterocycles. The molecule has 21 heavy (non-hydrogen) atoms. The fourth-order valence-corrected chi connectivity index (χ4v) is 2.59. The van der Waals surface area contributed by atoms with E-state index in [1.54, 1.807) is 16.8 Å². The van der Waals surface area contributed by atoms with Gasteiger partial charge in [0.15, 0.2) is 0 Å². The summed E-state index contributed by atoms with van der Waals surface area (Å²) in [7, 11) is 1.72. The minimum Gasteiger partial charge on any atom is -0.481 e. The zero-order chi connectivity index (χ0) is 15.4. The van der Waals surface area contributed by atoms with Crippen molar-refractivity contribution in [1.29, 1.82) is 0 Å². The Labute approximate surface area is 124 Å². The Kier molecular flexibility index (Phi) is 4.77. The average Bonchev–Trinajstić information content (AvgIpc) is 2.46. The Morgan fingerprint density at radius 2 is 2.24 bits per heavy atom. The lowest BCUT2D eigenvalue weighted by atomic mass is 9.99. The number of amides is 2. The molecule has 0 spiro atoms. The Bertz CT molecular complexity index is 533. The van der Waals surface area contributed by atoms with Gasteiger partial charge < -0.3 is 14.9 Å². The van der Waals surface area contributed by atoms with Gasteiger partial charge in [0.1, 0.15) is 0 Å². The van der Waals surface area contributed by atoms with Crippen molar-refractivity contribution in [2.24, 2.45) is 5.92 Å². The van der Waals surface area contributed by atoms with Crippen LogP contribution in [-0.4, -0.2) is 52.0 Å². The third-order valence-electron chi connectivity index (χ3n) is 3.71. The molecule has 0 aliphatic carbocycles. The first kappa shape index (κ1) is 15.3. The van der Waals surface area contributed by atoms with Crippen LogP contribution in [0.1, 0.15) is 24.2 Å². The largest absolute Gasteiger partial charge is 0.481 e. The highest BCUT2D eigenvalue weighted by molar-refractivity contribution is 5.76. The van der Waals surface area contributed by atoms with Gasteiger partial charge in [-0.3, -0.25) is 9.78 Å². The molecule has 1 N–H and O–H groups in total. The zero-order valence-corrected chi connectivity index (χ0v) is 12.5. The van der Waals surface area contributed by atoms with E-state index in [1.807, 2.05) is 25.1 Å². The number of hydrogen-bond acceptors (Lipinski definition) is 3. The lowest BCUT2D eigenvalue weighted by Gasteiger charge is -2.33. The van der Waals surface area contributed by atoms with E-state index < -0.39 is 11.9 Å². The van der Waals surface area contributed by atoms with E-state index in [1.165, 1.54) is 0 Å². The van der Waals surface area contributed by atoms with Gasteiger partial charge in [-0.05, 0) is 31.9 Å².